The van der Waals surface area contributed by atoms with E-state index in [0.29, 0.717) is 6.04 Å². The van der Waals surface area contributed by atoms with Crippen molar-refractivity contribution < 1.29 is 5.11 Å². The summed E-state index contributed by atoms with van der Waals surface area (Å²) in [6.45, 7) is 0. The van der Waals surface area contributed by atoms with Gasteiger partial charge >= 0.3 is 0 Å². The van der Waals surface area contributed by atoms with Crippen LogP contribution in [0.3, 0.4) is 0 Å². The highest BCUT2D eigenvalue weighted by molar-refractivity contribution is 4.99. The van der Waals surface area contributed by atoms with Gasteiger partial charge in [0.05, 0.1) is 0 Å². The van der Waals surface area contributed by atoms with Gasteiger partial charge in [-0.15, -0.1) is 0 Å². The van der Waals surface area contributed by atoms with E-state index in [1.807, 2.05) is 0 Å². The first kappa shape index (κ1) is 8.48. The first-order valence-corrected chi connectivity index (χ1v) is 4.97. The number of aliphatic hydroxyl groups is 1. The summed E-state index contributed by atoms with van der Waals surface area (Å²) in [6.07, 6.45) is 5.47. The molecule has 0 aromatic rings. The molecular weight excluding hydrogens is 152 g/mol. The highest BCUT2D eigenvalue weighted by atomic mass is 16.3. The van der Waals surface area contributed by atoms with Crippen LogP contribution in [0, 0.1) is 5.92 Å². The molecule has 2 rings (SSSR count). The molecule has 0 spiro atoms. The maximum Gasteiger partial charge on any atom is 0.103 e. The molecule has 1 aliphatic carbocycles. The van der Waals surface area contributed by atoms with Crippen molar-refractivity contribution in [2.45, 2.75) is 50.4 Å². The fraction of sp³-hybridized carbons (Fsp3) is 1.00. The van der Waals surface area contributed by atoms with Gasteiger partial charge in [0.25, 0.3) is 0 Å². The number of hydrogen-bond acceptors (Lipinski definition) is 3. The van der Waals surface area contributed by atoms with E-state index >= 15 is 0 Å². The first-order chi connectivity index (χ1) is 5.77. The highest BCUT2D eigenvalue weighted by Gasteiger charge is 2.41. The zero-order chi connectivity index (χ0) is 8.55. The fourth-order valence-corrected chi connectivity index (χ4v) is 2.63. The first-order valence-electron chi connectivity index (χ1n) is 4.97. The second kappa shape index (κ2) is 3.32. The highest BCUT2D eigenvalue weighted by Crippen LogP contribution is 2.35. The van der Waals surface area contributed by atoms with Gasteiger partial charge in [0, 0.05) is 18.5 Å². The molecule has 1 saturated heterocycles. The van der Waals surface area contributed by atoms with E-state index in [1.165, 1.54) is 25.7 Å². The summed E-state index contributed by atoms with van der Waals surface area (Å²) in [6, 6.07) is 1.23. The smallest absolute Gasteiger partial charge is 0.103 e. The zero-order valence-corrected chi connectivity index (χ0v) is 7.37. The Kier molecular flexibility index (Phi) is 2.35. The summed E-state index contributed by atoms with van der Waals surface area (Å²) in [5, 5.41) is 12.5. The standard InChI is InChI=1S/C9H18N2O/c10-9(12)5-8-6-3-1-2-4-7(6)11-8/h6-9,11-12H,1-5,10H2. The van der Waals surface area contributed by atoms with Crippen molar-refractivity contribution in [2.24, 2.45) is 11.7 Å². The van der Waals surface area contributed by atoms with Crippen molar-refractivity contribution in [1.82, 2.24) is 5.32 Å². The molecule has 0 amide bonds. The Labute approximate surface area is 73.3 Å². The number of nitrogens with one attached hydrogen (secondary N) is 1. The zero-order valence-electron chi connectivity index (χ0n) is 7.37. The van der Waals surface area contributed by atoms with Gasteiger partial charge in [-0.3, -0.25) is 0 Å². The molecule has 12 heavy (non-hydrogen) atoms. The van der Waals surface area contributed by atoms with Crippen LogP contribution in [0.4, 0.5) is 0 Å². The molecule has 1 aliphatic heterocycles. The van der Waals surface area contributed by atoms with Crippen LogP contribution in [-0.2, 0) is 0 Å². The molecule has 0 radical (unpaired) electrons. The molecule has 2 aliphatic rings. The summed E-state index contributed by atoms with van der Waals surface area (Å²) in [5.74, 6) is 0.803. The number of fused-ring (bicyclic) bond motifs is 1. The predicted octanol–water partition coefficient (Wildman–Crippen LogP) is 0.184. The van der Waals surface area contributed by atoms with E-state index in [2.05, 4.69) is 5.32 Å². The lowest BCUT2D eigenvalue weighted by Gasteiger charge is -2.49. The van der Waals surface area contributed by atoms with E-state index in [1.54, 1.807) is 0 Å². The van der Waals surface area contributed by atoms with E-state index in [4.69, 9.17) is 10.8 Å². The van der Waals surface area contributed by atoms with Crippen LogP contribution in [-0.4, -0.2) is 23.4 Å². The third-order valence-corrected chi connectivity index (χ3v) is 3.26. The maximum atomic E-state index is 9.02. The fourth-order valence-electron chi connectivity index (χ4n) is 2.63. The minimum atomic E-state index is -0.634. The molecule has 0 aromatic carbocycles. The Morgan fingerprint density at radius 1 is 1.42 bits per heavy atom. The number of rotatable bonds is 2. The maximum absolute atomic E-state index is 9.02. The van der Waals surface area contributed by atoms with Gasteiger partial charge in [0.15, 0.2) is 0 Å². The second-order valence-electron chi connectivity index (χ2n) is 4.13. The topological polar surface area (TPSA) is 58.3 Å². The largest absolute Gasteiger partial charge is 0.379 e. The minimum Gasteiger partial charge on any atom is -0.379 e. The molecule has 2 fully saturated rings. The second-order valence-corrected chi connectivity index (χ2v) is 4.13. The number of hydrogen-bond donors (Lipinski definition) is 3. The molecule has 4 atom stereocenters. The molecule has 1 saturated carbocycles. The summed E-state index contributed by atoms with van der Waals surface area (Å²) in [5.41, 5.74) is 5.34. The van der Waals surface area contributed by atoms with Gasteiger partial charge in [-0.05, 0) is 18.8 Å². The van der Waals surface area contributed by atoms with Crippen LogP contribution in [0.15, 0.2) is 0 Å². The molecule has 3 nitrogen and oxygen atoms in total. The normalized spacial score (nSPS) is 43.0. The van der Waals surface area contributed by atoms with Crippen LogP contribution < -0.4 is 11.1 Å². The number of aliphatic hydroxyl groups excluding tert-OH is 1. The van der Waals surface area contributed by atoms with Crippen LogP contribution in [0.1, 0.15) is 32.1 Å². The van der Waals surface area contributed by atoms with Crippen molar-refractivity contribution in [3.63, 3.8) is 0 Å². The molecule has 3 heteroatoms. The monoisotopic (exact) mass is 170 g/mol. The molecule has 0 bridgehead atoms. The molecule has 4 unspecified atom stereocenters. The van der Waals surface area contributed by atoms with Crippen molar-refractivity contribution >= 4 is 0 Å². The van der Waals surface area contributed by atoms with Crippen LogP contribution in [0.25, 0.3) is 0 Å². The minimum absolute atomic E-state index is 0.496. The Morgan fingerprint density at radius 2 is 2.17 bits per heavy atom. The molecule has 0 aromatic heterocycles. The van der Waals surface area contributed by atoms with Crippen molar-refractivity contribution in [3.05, 3.63) is 0 Å². The Balaban J connectivity index is 1.81. The summed E-state index contributed by atoms with van der Waals surface area (Å²) in [4.78, 5) is 0. The molecule has 4 N–H and O–H groups in total. The van der Waals surface area contributed by atoms with Crippen LogP contribution in [0.2, 0.25) is 0 Å². The van der Waals surface area contributed by atoms with E-state index in [0.717, 1.165) is 18.4 Å². The Morgan fingerprint density at radius 3 is 2.83 bits per heavy atom. The summed E-state index contributed by atoms with van der Waals surface area (Å²) in [7, 11) is 0. The molecule has 70 valence electrons. The SMILES string of the molecule is NC(O)CC1NC2CCCCC21. The average Bonchev–Trinajstić information content (AvgIpc) is 2.00. The third kappa shape index (κ3) is 1.49. The van der Waals surface area contributed by atoms with E-state index < -0.39 is 6.23 Å². The molecule has 1 heterocycles. The molecular formula is C9H18N2O. The lowest BCUT2D eigenvalue weighted by molar-refractivity contribution is 0.0491. The number of nitrogens with two attached hydrogens (primary N) is 1. The van der Waals surface area contributed by atoms with E-state index in [9.17, 15) is 0 Å². The Bertz CT molecular complexity index is 161. The quantitative estimate of drug-likeness (QED) is 0.518. The predicted molar refractivity (Wildman–Crippen MR) is 47.5 cm³/mol. The van der Waals surface area contributed by atoms with Gasteiger partial charge < -0.3 is 16.2 Å². The van der Waals surface area contributed by atoms with Crippen LogP contribution >= 0.6 is 0 Å². The van der Waals surface area contributed by atoms with E-state index in [-0.39, 0.29) is 0 Å². The van der Waals surface area contributed by atoms with Gasteiger partial charge in [-0.2, -0.15) is 0 Å². The third-order valence-electron chi connectivity index (χ3n) is 3.26. The summed E-state index contributed by atoms with van der Waals surface area (Å²) >= 11 is 0. The lowest BCUT2D eigenvalue weighted by atomic mass is 9.72. The van der Waals surface area contributed by atoms with Crippen molar-refractivity contribution in [1.29, 1.82) is 0 Å². The summed E-state index contributed by atoms with van der Waals surface area (Å²) < 4.78 is 0. The average molecular weight is 170 g/mol. The van der Waals surface area contributed by atoms with Gasteiger partial charge in [-0.1, -0.05) is 12.8 Å². The lowest BCUT2D eigenvalue weighted by Crippen LogP contribution is -2.63. The van der Waals surface area contributed by atoms with Gasteiger partial charge in [0.1, 0.15) is 6.23 Å². The van der Waals surface area contributed by atoms with Gasteiger partial charge in [0.2, 0.25) is 0 Å². The van der Waals surface area contributed by atoms with Crippen molar-refractivity contribution in [3.8, 4) is 0 Å². The van der Waals surface area contributed by atoms with Crippen LogP contribution in [0.5, 0.6) is 0 Å². The van der Waals surface area contributed by atoms with Crippen molar-refractivity contribution in [2.75, 3.05) is 0 Å². The van der Waals surface area contributed by atoms with Gasteiger partial charge in [-0.25, -0.2) is 0 Å². The Hall–Kier alpha value is -0.120.